The van der Waals surface area contributed by atoms with Crippen molar-refractivity contribution >= 4 is 10.8 Å². The topological polar surface area (TPSA) is 52.0 Å². The zero-order valence-electron chi connectivity index (χ0n) is 10.4. The minimum atomic E-state index is -0.893. The molecule has 0 saturated carbocycles. The van der Waals surface area contributed by atoms with Crippen molar-refractivity contribution in [3.05, 3.63) is 71.8 Å². The van der Waals surface area contributed by atoms with Crippen molar-refractivity contribution in [3.8, 4) is 11.1 Å². The van der Waals surface area contributed by atoms with Gasteiger partial charge in [0.15, 0.2) is 0 Å². The van der Waals surface area contributed by atoms with Gasteiger partial charge in [0, 0.05) is 0 Å². The van der Waals surface area contributed by atoms with Crippen molar-refractivity contribution in [3.63, 3.8) is 0 Å². The van der Waals surface area contributed by atoms with Gasteiger partial charge >= 0.3 is 0 Å². The highest BCUT2D eigenvalue weighted by molar-refractivity contribution is 5.93. The predicted molar refractivity (Wildman–Crippen MR) is 78.5 cm³/mol. The molecule has 0 bridgehead atoms. The Balaban J connectivity index is 2.15. The van der Waals surface area contributed by atoms with Crippen molar-refractivity contribution in [2.24, 2.45) is 11.5 Å². The standard InChI is InChI=1S/C17H14N2/c18-17(19)15-8-4-3-7-13(15)14-9-11-5-1-2-6-12(11)10-16(14)17/h1-10H,18-19H2. The molecule has 0 heterocycles. The van der Waals surface area contributed by atoms with Gasteiger partial charge in [0.05, 0.1) is 0 Å². The first-order chi connectivity index (χ1) is 9.18. The lowest BCUT2D eigenvalue weighted by atomic mass is 9.97. The van der Waals surface area contributed by atoms with E-state index in [-0.39, 0.29) is 0 Å². The van der Waals surface area contributed by atoms with Gasteiger partial charge in [0.2, 0.25) is 0 Å². The van der Waals surface area contributed by atoms with Crippen molar-refractivity contribution in [1.82, 2.24) is 0 Å². The molecule has 0 atom stereocenters. The summed E-state index contributed by atoms with van der Waals surface area (Å²) >= 11 is 0. The summed E-state index contributed by atoms with van der Waals surface area (Å²) in [7, 11) is 0. The number of fused-ring (bicyclic) bond motifs is 4. The van der Waals surface area contributed by atoms with Crippen LogP contribution in [0, 0.1) is 0 Å². The highest BCUT2D eigenvalue weighted by atomic mass is 15.0. The first-order valence-corrected chi connectivity index (χ1v) is 6.39. The van der Waals surface area contributed by atoms with Gasteiger partial charge in [-0.1, -0.05) is 48.5 Å². The third-order valence-electron chi connectivity index (χ3n) is 3.99. The zero-order valence-corrected chi connectivity index (χ0v) is 10.4. The van der Waals surface area contributed by atoms with E-state index in [2.05, 4.69) is 30.3 Å². The lowest BCUT2D eigenvalue weighted by Crippen LogP contribution is -2.45. The van der Waals surface area contributed by atoms with Gasteiger partial charge in [-0.25, -0.2) is 0 Å². The number of nitrogens with two attached hydrogens (primary N) is 2. The predicted octanol–water partition coefficient (Wildman–Crippen LogP) is 2.94. The van der Waals surface area contributed by atoms with Gasteiger partial charge in [0.25, 0.3) is 0 Å². The van der Waals surface area contributed by atoms with Gasteiger partial charge in [-0.15, -0.1) is 0 Å². The molecule has 1 aliphatic rings. The second-order valence-electron chi connectivity index (χ2n) is 5.16. The second-order valence-corrected chi connectivity index (χ2v) is 5.16. The number of hydrogen-bond donors (Lipinski definition) is 2. The highest BCUT2D eigenvalue weighted by Crippen LogP contribution is 2.44. The Morgan fingerprint density at radius 2 is 1.26 bits per heavy atom. The van der Waals surface area contributed by atoms with Crippen molar-refractivity contribution in [1.29, 1.82) is 0 Å². The Bertz CT molecular complexity index is 803. The Hall–Kier alpha value is -2.16. The van der Waals surface area contributed by atoms with Gasteiger partial charge < -0.3 is 11.5 Å². The summed E-state index contributed by atoms with van der Waals surface area (Å²) in [4.78, 5) is 0. The highest BCUT2D eigenvalue weighted by Gasteiger charge is 2.36. The summed E-state index contributed by atoms with van der Waals surface area (Å²) in [5.74, 6) is 0. The number of hydrogen-bond acceptors (Lipinski definition) is 2. The van der Waals surface area contributed by atoms with Gasteiger partial charge in [-0.05, 0) is 45.2 Å². The van der Waals surface area contributed by atoms with Gasteiger partial charge in [-0.2, -0.15) is 0 Å². The molecule has 4 N–H and O–H groups in total. The molecular weight excluding hydrogens is 232 g/mol. The Labute approximate surface area is 111 Å². The molecule has 19 heavy (non-hydrogen) atoms. The van der Waals surface area contributed by atoms with E-state index in [1.807, 2.05) is 30.3 Å². The van der Waals surface area contributed by atoms with E-state index in [0.29, 0.717) is 0 Å². The van der Waals surface area contributed by atoms with Crippen LogP contribution in [0.2, 0.25) is 0 Å². The molecule has 4 rings (SSSR count). The third kappa shape index (κ3) is 1.33. The van der Waals surface area contributed by atoms with E-state index in [1.54, 1.807) is 0 Å². The summed E-state index contributed by atoms with van der Waals surface area (Å²) in [5.41, 5.74) is 16.2. The minimum absolute atomic E-state index is 0.893. The molecule has 0 aromatic heterocycles. The van der Waals surface area contributed by atoms with Crippen LogP contribution in [0.1, 0.15) is 11.1 Å². The summed E-state index contributed by atoms with van der Waals surface area (Å²) in [6.07, 6.45) is 0. The molecule has 1 aliphatic carbocycles. The molecule has 0 saturated heterocycles. The van der Waals surface area contributed by atoms with Crippen molar-refractivity contribution in [2.45, 2.75) is 5.66 Å². The molecule has 0 spiro atoms. The van der Waals surface area contributed by atoms with Crippen LogP contribution in [0.15, 0.2) is 60.7 Å². The van der Waals surface area contributed by atoms with Crippen LogP contribution in [0.5, 0.6) is 0 Å². The maximum atomic E-state index is 6.37. The SMILES string of the molecule is NC1(N)c2ccccc2-c2cc3ccccc3cc21. The second kappa shape index (κ2) is 3.44. The Kier molecular flexibility index (Phi) is 1.94. The van der Waals surface area contributed by atoms with E-state index >= 15 is 0 Å². The van der Waals surface area contributed by atoms with Crippen LogP contribution in [0.4, 0.5) is 0 Å². The normalized spacial score (nSPS) is 15.3. The Morgan fingerprint density at radius 3 is 2.05 bits per heavy atom. The van der Waals surface area contributed by atoms with Crippen LogP contribution in [-0.2, 0) is 5.66 Å². The number of rotatable bonds is 0. The molecular formula is C17H14N2. The fourth-order valence-corrected chi connectivity index (χ4v) is 3.03. The third-order valence-corrected chi connectivity index (χ3v) is 3.99. The molecule has 0 amide bonds. The maximum Gasteiger partial charge on any atom is 0.118 e. The lowest BCUT2D eigenvalue weighted by Gasteiger charge is -2.21. The van der Waals surface area contributed by atoms with Crippen LogP contribution in [0.3, 0.4) is 0 Å². The maximum absolute atomic E-state index is 6.37. The molecule has 0 unspecified atom stereocenters. The van der Waals surface area contributed by atoms with Gasteiger partial charge in [0.1, 0.15) is 5.66 Å². The van der Waals surface area contributed by atoms with Crippen LogP contribution in [-0.4, -0.2) is 0 Å². The van der Waals surface area contributed by atoms with Crippen LogP contribution >= 0.6 is 0 Å². The van der Waals surface area contributed by atoms with E-state index < -0.39 is 5.66 Å². The molecule has 2 heteroatoms. The largest absolute Gasteiger partial charge is 0.306 e. The van der Waals surface area contributed by atoms with Crippen molar-refractivity contribution in [2.75, 3.05) is 0 Å². The lowest BCUT2D eigenvalue weighted by molar-refractivity contribution is 0.585. The number of benzene rings is 3. The van der Waals surface area contributed by atoms with E-state index in [1.165, 1.54) is 10.8 Å². The van der Waals surface area contributed by atoms with E-state index in [9.17, 15) is 0 Å². The fourth-order valence-electron chi connectivity index (χ4n) is 3.03. The van der Waals surface area contributed by atoms with E-state index in [0.717, 1.165) is 22.3 Å². The molecule has 3 aromatic rings. The summed E-state index contributed by atoms with van der Waals surface area (Å²) in [6.45, 7) is 0. The monoisotopic (exact) mass is 246 g/mol. The molecule has 0 fully saturated rings. The van der Waals surface area contributed by atoms with Crippen LogP contribution in [0.25, 0.3) is 21.9 Å². The molecule has 2 nitrogen and oxygen atoms in total. The molecule has 3 aromatic carbocycles. The molecule has 0 radical (unpaired) electrons. The first-order valence-electron chi connectivity index (χ1n) is 6.39. The summed E-state index contributed by atoms with van der Waals surface area (Å²) in [5, 5.41) is 2.39. The first kappa shape index (κ1) is 10.7. The minimum Gasteiger partial charge on any atom is -0.306 e. The molecule has 0 aliphatic heterocycles. The van der Waals surface area contributed by atoms with Gasteiger partial charge in [-0.3, -0.25) is 0 Å². The average Bonchev–Trinajstić information content (AvgIpc) is 2.66. The average molecular weight is 246 g/mol. The van der Waals surface area contributed by atoms with Crippen LogP contribution < -0.4 is 11.5 Å². The Morgan fingerprint density at radius 1 is 0.632 bits per heavy atom. The fraction of sp³-hybridized carbons (Fsp3) is 0.0588. The quantitative estimate of drug-likeness (QED) is 0.599. The van der Waals surface area contributed by atoms with Crippen molar-refractivity contribution < 1.29 is 0 Å². The summed E-state index contributed by atoms with van der Waals surface area (Å²) < 4.78 is 0. The zero-order chi connectivity index (χ0) is 13.0. The van der Waals surface area contributed by atoms with E-state index in [4.69, 9.17) is 11.5 Å². The molecule has 92 valence electrons. The smallest absolute Gasteiger partial charge is 0.118 e. The summed E-state index contributed by atoms with van der Waals surface area (Å²) in [6, 6.07) is 20.7.